The topological polar surface area (TPSA) is 104 Å². The zero-order chi connectivity index (χ0) is 23.7. The number of para-hydroxylation sites is 1. The molecular weight excluding hydrogens is 502 g/mol. The number of nitrogens with one attached hydrogen (secondary N) is 1. The second-order valence-electron chi connectivity index (χ2n) is 7.67. The van der Waals surface area contributed by atoms with Crippen molar-refractivity contribution in [2.75, 3.05) is 16.8 Å². The number of carbonyl (C=O) groups excluding carboxylic acids is 3. The fourth-order valence-electron chi connectivity index (χ4n) is 3.78. The van der Waals surface area contributed by atoms with Gasteiger partial charge in [0.25, 0.3) is 11.8 Å². The van der Waals surface area contributed by atoms with Gasteiger partial charge in [0, 0.05) is 10.2 Å². The smallest absolute Gasteiger partial charge is 0.263 e. The van der Waals surface area contributed by atoms with Gasteiger partial charge in [0.2, 0.25) is 5.91 Å². The number of hydrogen-bond acceptors (Lipinski definition) is 7. The predicted octanol–water partition coefficient (Wildman–Crippen LogP) is 4.17. The minimum absolute atomic E-state index is 0.222. The molecule has 170 valence electrons. The van der Waals surface area contributed by atoms with Crippen LogP contribution in [0.15, 0.2) is 93.7 Å². The maximum absolute atomic E-state index is 13.0. The highest BCUT2D eigenvalue weighted by Gasteiger charge is 2.55. The van der Waals surface area contributed by atoms with Crippen LogP contribution in [-0.2, 0) is 14.4 Å². The standard InChI is InChI=1S/C24H18BrN5O4/c25-15-6-10-17(11-7-15)30-23(32)21-22(24(30)33)29(28-27-21)14-20(31)26-16-8-12-19(13-9-16)34-18-4-2-1-3-5-18/h1-13,21-22H,14H2,(H,26,31)/t21-,22-/m1/s1. The largest absolute Gasteiger partial charge is 0.457 e. The number of ether oxygens (including phenoxy) is 1. The first-order valence-corrected chi connectivity index (χ1v) is 11.2. The molecule has 0 aromatic heterocycles. The van der Waals surface area contributed by atoms with Crippen molar-refractivity contribution in [3.8, 4) is 11.5 Å². The molecule has 2 heterocycles. The third kappa shape index (κ3) is 4.27. The van der Waals surface area contributed by atoms with Crippen molar-refractivity contribution >= 4 is 45.0 Å². The first-order chi connectivity index (χ1) is 16.5. The monoisotopic (exact) mass is 519 g/mol. The molecule has 34 heavy (non-hydrogen) atoms. The van der Waals surface area contributed by atoms with Gasteiger partial charge in [-0.3, -0.25) is 19.4 Å². The molecule has 3 amide bonds. The van der Waals surface area contributed by atoms with Crippen molar-refractivity contribution in [2.24, 2.45) is 10.3 Å². The summed E-state index contributed by atoms with van der Waals surface area (Å²) in [4.78, 5) is 39.5. The van der Waals surface area contributed by atoms with Crippen molar-refractivity contribution in [1.82, 2.24) is 5.01 Å². The van der Waals surface area contributed by atoms with Gasteiger partial charge in [0.1, 0.15) is 18.0 Å². The van der Waals surface area contributed by atoms with E-state index in [9.17, 15) is 14.4 Å². The molecule has 0 unspecified atom stereocenters. The maximum atomic E-state index is 13.0. The summed E-state index contributed by atoms with van der Waals surface area (Å²) in [6.07, 6.45) is 0. The Kier molecular flexibility index (Phi) is 5.81. The molecule has 1 fully saturated rings. The highest BCUT2D eigenvalue weighted by atomic mass is 79.9. The molecule has 9 nitrogen and oxygen atoms in total. The summed E-state index contributed by atoms with van der Waals surface area (Å²) in [6, 6.07) is 21.2. The molecule has 2 aliphatic rings. The van der Waals surface area contributed by atoms with Crippen LogP contribution in [-0.4, -0.2) is 41.4 Å². The molecule has 0 aliphatic carbocycles. The predicted molar refractivity (Wildman–Crippen MR) is 127 cm³/mol. The van der Waals surface area contributed by atoms with E-state index in [0.717, 1.165) is 9.37 Å². The molecule has 10 heteroatoms. The molecule has 2 atom stereocenters. The van der Waals surface area contributed by atoms with E-state index in [0.29, 0.717) is 22.9 Å². The quantitative estimate of drug-likeness (QED) is 0.492. The van der Waals surface area contributed by atoms with Crippen molar-refractivity contribution < 1.29 is 19.1 Å². The highest BCUT2D eigenvalue weighted by molar-refractivity contribution is 9.10. The lowest BCUT2D eigenvalue weighted by atomic mass is 10.1. The minimum Gasteiger partial charge on any atom is -0.457 e. The van der Waals surface area contributed by atoms with Gasteiger partial charge in [-0.1, -0.05) is 39.4 Å². The van der Waals surface area contributed by atoms with E-state index >= 15 is 0 Å². The van der Waals surface area contributed by atoms with Crippen LogP contribution in [0.1, 0.15) is 0 Å². The lowest BCUT2D eigenvalue weighted by Crippen LogP contribution is -2.43. The van der Waals surface area contributed by atoms with Crippen LogP contribution in [0.4, 0.5) is 11.4 Å². The zero-order valence-electron chi connectivity index (χ0n) is 17.7. The Balaban J connectivity index is 1.22. The Morgan fingerprint density at radius 1 is 0.912 bits per heavy atom. The van der Waals surface area contributed by atoms with Crippen molar-refractivity contribution in [3.63, 3.8) is 0 Å². The van der Waals surface area contributed by atoms with E-state index in [1.807, 2.05) is 30.3 Å². The van der Waals surface area contributed by atoms with Crippen LogP contribution in [0.25, 0.3) is 0 Å². The average molecular weight is 520 g/mol. The Labute approximate surface area is 203 Å². The van der Waals surface area contributed by atoms with Gasteiger partial charge in [-0.05, 0) is 60.7 Å². The number of imide groups is 1. The first kappa shape index (κ1) is 21.8. The Bertz CT molecular complexity index is 1260. The van der Waals surface area contributed by atoms with Crippen molar-refractivity contribution in [3.05, 3.63) is 83.3 Å². The van der Waals surface area contributed by atoms with Crippen LogP contribution >= 0.6 is 15.9 Å². The lowest BCUT2D eigenvalue weighted by Gasteiger charge is -2.20. The maximum Gasteiger partial charge on any atom is 0.263 e. The zero-order valence-corrected chi connectivity index (χ0v) is 19.3. The van der Waals surface area contributed by atoms with E-state index in [4.69, 9.17) is 4.74 Å². The van der Waals surface area contributed by atoms with E-state index in [2.05, 4.69) is 31.6 Å². The number of fused-ring (bicyclic) bond motifs is 1. The second-order valence-corrected chi connectivity index (χ2v) is 8.58. The molecule has 0 bridgehead atoms. The SMILES string of the molecule is O=C(CN1N=N[C@H]2C(=O)N(c3ccc(Br)cc3)C(=O)[C@@H]21)Nc1ccc(Oc2ccccc2)cc1. The molecular formula is C24H18BrN5O4. The summed E-state index contributed by atoms with van der Waals surface area (Å²) >= 11 is 3.33. The Morgan fingerprint density at radius 2 is 1.59 bits per heavy atom. The van der Waals surface area contributed by atoms with Crippen LogP contribution in [0.3, 0.4) is 0 Å². The third-order valence-corrected chi connectivity index (χ3v) is 5.89. The fourth-order valence-corrected chi connectivity index (χ4v) is 4.04. The Hall–Kier alpha value is -4.05. The summed E-state index contributed by atoms with van der Waals surface area (Å²) in [5, 5.41) is 11.9. The number of halogens is 1. The number of anilines is 2. The number of rotatable bonds is 6. The molecule has 5 rings (SSSR count). The number of hydrogen-bond donors (Lipinski definition) is 1. The molecule has 1 N–H and O–H groups in total. The second kappa shape index (κ2) is 9.06. The van der Waals surface area contributed by atoms with Crippen molar-refractivity contribution in [1.29, 1.82) is 0 Å². The van der Waals surface area contributed by atoms with Crippen LogP contribution in [0.5, 0.6) is 11.5 Å². The molecule has 0 radical (unpaired) electrons. The van der Waals surface area contributed by atoms with E-state index in [-0.39, 0.29) is 6.54 Å². The summed E-state index contributed by atoms with van der Waals surface area (Å²) in [7, 11) is 0. The van der Waals surface area contributed by atoms with Gasteiger partial charge in [-0.25, -0.2) is 4.90 Å². The van der Waals surface area contributed by atoms with Crippen LogP contribution < -0.4 is 15.0 Å². The molecule has 2 aliphatic heterocycles. The molecule has 0 spiro atoms. The van der Waals surface area contributed by atoms with Crippen LogP contribution in [0.2, 0.25) is 0 Å². The number of benzene rings is 3. The molecule has 3 aromatic rings. The van der Waals surface area contributed by atoms with Gasteiger partial charge in [0.05, 0.1) is 5.69 Å². The summed E-state index contributed by atoms with van der Waals surface area (Å²) in [5.74, 6) is 0.0267. The minimum atomic E-state index is -0.960. The van der Waals surface area contributed by atoms with Gasteiger partial charge in [-0.2, -0.15) is 5.11 Å². The molecule has 3 aromatic carbocycles. The van der Waals surface area contributed by atoms with Gasteiger partial charge < -0.3 is 10.1 Å². The molecule has 0 saturated carbocycles. The van der Waals surface area contributed by atoms with Gasteiger partial charge in [-0.15, -0.1) is 0 Å². The Morgan fingerprint density at radius 3 is 2.29 bits per heavy atom. The number of carbonyl (C=O) groups is 3. The van der Waals surface area contributed by atoms with E-state index in [1.165, 1.54) is 5.01 Å². The average Bonchev–Trinajstić information content (AvgIpc) is 3.36. The summed E-state index contributed by atoms with van der Waals surface area (Å²) < 4.78 is 6.57. The normalized spacial score (nSPS) is 18.9. The lowest BCUT2D eigenvalue weighted by molar-refractivity contribution is -0.123. The van der Waals surface area contributed by atoms with E-state index < -0.39 is 29.8 Å². The van der Waals surface area contributed by atoms with Gasteiger partial charge in [0.15, 0.2) is 12.1 Å². The third-order valence-electron chi connectivity index (χ3n) is 5.37. The summed E-state index contributed by atoms with van der Waals surface area (Å²) in [5.41, 5.74) is 1.01. The fraction of sp³-hybridized carbons (Fsp3) is 0.125. The number of amides is 3. The van der Waals surface area contributed by atoms with Crippen LogP contribution in [0, 0.1) is 0 Å². The number of nitrogens with zero attached hydrogens (tertiary/aromatic N) is 4. The first-order valence-electron chi connectivity index (χ1n) is 10.4. The highest BCUT2D eigenvalue weighted by Crippen LogP contribution is 2.32. The summed E-state index contributed by atoms with van der Waals surface area (Å²) in [6.45, 7) is -0.222. The molecule has 1 saturated heterocycles. The van der Waals surface area contributed by atoms with Gasteiger partial charge >= 0.3 is 0 Å². The van der Waals surface area contributed by atoms with E-state index in [1.54, 1.807) is 48.5 Å². The van der Waals surface area contributed by atoms with Crippen molar-refractivity contribution in [2.45, 2.75) is 12.1 Å².